The number of hydrogen-bond acceptors (Lipinski definition) is 4. The lowest BCUT2D eigenvalue weighted by Gasteiger charge is -1.94. The summed E-state index contributed by atoms with van der Waals surface area (Å²) >= 11 is 0. The highest BCUT2D eigenvalue weighted by atomic mass is 16.2. The van der Waals surface area contributed by atoms with Gasteiger partial charge >= 0.3 is 6.15 Å². The van der Waals surface area contributed by atoms with Crippen molar-refractivity contribution < 1.29 is 14.4 Å². The molecule has 0 bridgehead atoms. The third kappa shape index (κ3) is 5.09. The zero-order chi connectivity index (χ0) is 14.8. The Labute approximate surface area is 116 Å². The number of hydrogen-bond donors (Lipinski definition) is 0. The first-order chi connectivity index (χ1) is 9.67. The summed E-state index contributed by atoms with van der Waals surface area (Å²) in [6.45, 7) is 1.85. The summed E-state index contributed by atoms with van der Waals surface area (Å²) in [5, 5.41) is 0. The molecule has 0 radical (unpaired) electrons. The number of aryl methyl sites for hydroxylation is 1. The Morgan fingerprint density at radius 2 is 1.65 bits per heavy atom. The lowest BCUT2D eigenvalue weighted by atomic mass is 10.2. The molecule has 1 aromatic carbocycles. The zero-order valence-corrected chi connectivity index (χ0v) is 10.8. The summed E-state index contributed by atoms with van der Waals surface area (Å²) in [6, 6.07) is 14.7. The van der Waals surface area contributed by atoms with E-state index in [2.05, 4.69) is 16.8 Å². The van der Waals surface area contributed by atoms with Gasteiger partial charge in [-0.25, -0.2) is 4.98 Å². The molecule has 4 nitrogen and oxygen atoms in total. The van der Waals surface area contributed by atoms with Crippen LogP contribution in [0.1, 0.15) is 21.7 Å². The normalized spacial score (nSPS) is 8.25. The zero-order valence-electron chi connectivity index (χ0n) is 10.8. The van der Waals surface area contributed by atoms with E-state index in [1.54, 1.807) is 12.1 Å². The number of carbonyl (C=O) groups is 1. The van der Waals surface area contributed by atoms with Crippen molar-refractivity contribution in [1.82, 2.24) is 4.98 Å². The number of rotatable bonds is 1. The molecule has 20 heavy (non-hydrogen) atoms. The van der Waals surface area contributed by atoms with Gasteiger partial charge in [-0.05, 0) is 37.1 Å². The third-order valence-corrected chi connectivity index (χ3v) is 2.22. The molecule has 0 aliphatic carbocycles. The van der Waals surface area contributed by atoms with Gasteiger partial charge in [-0.2, -0.15) is 9.59 Å². The lowest BCUT2D eigenvalue weighted by molar-refractivity contribution is -0.191. The molecule has 0 atom stereocenters. The first-order valence-electron chi connectivity index (χ1n) is 5.71. The van der Waals surface area contributed by atoms with Gasteiger partial charge in [0.2, 0.25) is 0 Å². The number of aromatic nitrogens is 1. The molecule has 0 N–H and O–H groups in total. The molecule has 0 aliphatic heterocycles. The third-order valence-electron chi connectivity index (χ3n) is 2.22. The Bertz CT molecular complexity index is 676. The van der Waals surface area contributed by atoms with Gasteiger partial charge in [0.05, 0.1) is 0 Å². The molecular weight excluding hydrogens is 254 g/mol. The van der Waals surface area contributed by atoms with Gasteiger partial charge in [-0.1, -0.05) is 30.2 Å². The molecule has 2 rings (SSSR count). The summed E-state index contributed by atoms with van der Waals surface area (Å²) in [6.07, 6.45) is 0.250. The Kier molecular flexibility index (Phi) is 6.13. The molecule has 1 aromatic heterocycles. The Balaban J connectivity index is 0.000000612. The van der Waals surface area contributed by atoms with Gasteiger partial charge in [-0.15, -0.1) is 0 Å². The minimum absolute atomic E-state index is 0.250. The summed E-state index contributed by atoms with van der Waals surface area (Å²) in [5.41, 5.74) is 2.04. The number of Topliss-reactive ketones (excluding diaryl/α,β-unsaturated/α-hetero) is 1. The fraction of sp³-hybridized carbons (Fsp3) is 0.0625. The van der Waals surface area contributed by atoms with Crippen molar-refractivity contribution in [3.63, 3.8) is 0 Å². The first-order valence-corrected chi connectivity index (χ1v) is 5.71. The largest absolute Gasteiger partial charge is 0.373 e. The van der Waals surface area contributed by atoms with Gasteiger partial charge in [0.15, 0.2) is 0 Å². The van der Waals surface area contributed by atoms with E-state index in [-0.39, 0.29) is 11.9 Å². The highest BCUT2D eigenvalue weighted by Gasteiger charge is 2.02. The molecule has 98 valence electrons. The molecule has 4 heteroatoms. The Hall–Kier alpha value is -3.02. The van der Waals surface area contributed by atoms with E-state index in [1.165, 1.54) is 0 Å². The van der Waals surface area contributed by atoms with Crippen LogP contribution in [0.2, 0.25) is 0 Å². The van der Waals surface area contributed by atoms with Gasteiger partial charge in [0.1, 0.15) is 5.69 Å². The van der Waals surface area contributed by atoms with Crippen molar-refractivity contribution in [3.8, 4) is 11.8 Å². The number of pyridine rings is 1. The van der Waals surface area contributed by atoms with Gasteiger partial charge in [-0.3, -0.25) is 4.79 Å². The van der Waals surface area contributed by atoms with Crippen LogP contribution in [-0.2, 0) is 9.59 Å². The van der Waals surface area contributed by atoms with Crippen molar-refractivity contribution >= 4 is 11.9 Å². The van der Waals surface area contributed by atoms with Crippen LogP contribution in [0.25, 0.3) is 0 Å². The highest BCUT2D eigenvalue weighted by Crippen LogP contribution is 2.00. The second-order valence-electron chi connectivity index (χ2n) is 3.69. The summed E-state index contributed by atoms with van der Waals surface area (Å²) in [7, 11) is 0. The maximum absolute atomic E-state index is 11.7. The van der Waals surface area contributed by atoms with Gasteiger partial charge < -0.3 is 0 Å². The molecule has 0 saturated carbocycles. The van der Waals surface area contributed by atoms with Crippen LogP contribution in [0.5, 0.6) is 0 Å². The summed E-state index contributed by atoms with van der Waals surface area (Å²) in [5.74, 6) is 5.16. The predicted molar refractivity (Wildman–Crippen MR) is 71.6 cm³/mol. The van der Waals surface area contributed by atoms with Gasteiger partial charge in [0.25, 0.3) is 5.78 Å². The van der Waals surface area contributed by atoms with E-state index in [4.69, 9.17) is 9.59 Å². The van der Waals surface area contributed by atoms with E-state index in [9.17, 15) is 4.79 Å². The van der Waals surface area contributed by atoms with Crippen molar-refractivity contribution in [3.05, 3.63) is 65.5 Å². The quantitative estimate of drug-likeness (QED) is 0.584. The lowest BCUT2D eigenvalue weighted by Crippen LogP contribution is -1.99. The molecule has 1 heterocycles. The monoisotopic (exact) mass is 265 g/mol. The van der Waals surface area contributed by atoms with Crippen molar-refractivity contribution in [2.24, 2.45) is 0 Å². The maximum Gasteiger partial charge on any atom is 0.373 e. The fourth-order valence-corrected chi connectivity index (χ4v) is 1.38. The number of nitrogens with zero attached hydrogens (tertiary/aromatic N) is 1. The van der Waals surface area contributed by atoms with Crippen molar-refractivity contribution in [1.29, 1.82) is 0 Å². The highest BCUT2D eigenvalue weighted by molar-refractivity contribution is 6.07. The SMILES string of the molecule is Cc1cccc(C(=O)C#Cc2ccccc2)n1.O=C=O. The van der Waals surface area contributed by atoms with E-state index >= 15 is 0 Å². The van der Waals surface area contributed by atoms with Crippen molar-refractivity contribution in [2.45, 2.75) is 6.92 Å². The molecule has 2 aromatic rings. The van der Waals surface area contributed by atoms with E-state index in [0.29, 0.717) is 5.69 Å². The van der Waals surface area contributed by atoms with E-state index < -0.39 is 0 Å². The first kappa shape index (κ1) is 15.0. The smallest absolute Gasteiger partial charge is 0.277 e. The Morgan fingerprint density at radius 1 is 1.00 bits per heavy atom. The molecule has 0 spiro atoms. The van der Waals surface area contributed by atoms with Crippen molar-refractivity contribution in [2.75, 3.05) is 0 Å². The standard InChI is InChI=1S/C15H11NO.CO2/c1-12-6-5-9-14(16-12)15(17)11-10-13-7-3-2-4-8-13;2-1-3/h2-9H,1H3;. The molecule has 0 aliphatic rings. The van der Waals surface area contributed by atoms with Gasteiger partial charge in [0, 0.05) is 11.3 Å². The van der Waals surface area contributed by atoms with Crippen LogP contribution in [0.15, 0.2) is 48.5 Å². The molecular formula is C16H11NO3. The summed E-state index contributed by atoms with van der Waals surface area (Å²) < 4.78 is 0. The number of benzene rings is 1. The molecule has 0 amide bonds. The average molecular weight is 265 g/mol. The average Bonchev–Trinajstić information content (AvgIpc) is 2.47. The fourth-order valence-electron chi connectivity index (χ4n) is 1.38. The predicted octanol–water partition coefficient (Wildman–Crippen LogP) is 2.04. The topological polar surface area (TPSA) is 64.1 Å². The molecule has 0 unspecified atom stereocenters. The van der Waals surface area contributed by atoms with Crippen LogP contribution >= 0.6 is 0 Å². The molecule has 0 fully saturated rings. The van der Waals surface area contributed by atoms with Crippen LogP contribution < -0.4 is 0 Å². The molecule has 0 saturated heterocycles. The van der Waals surface area contributed by atoms with E-state index in [0.717, 1.165) is 11.3 Å². The Morgan fingerprint density at radius 3 is 2.25 bits per heavy atom. The van der Waals surface area contributed by atoms with Crippen LogP contribution in [0.3, 0.4) is 0 Å². The number of ketones is 1. The second kappa shape index (κ2) is 8.15. The van der Waals surface area contributed by atoms with Crippen LogP contribution in [-0.4, -0.2) is 16.9 Å². The second-order valence-corrected chi connectivity index (χ2v) is 3.69. The minimum atomic E-state index is -0.252. The van der Waals surface area contributed by atoms with Crippen LogP contribution in [0, 0.1) is 18.8 Å². The van der Waals surface area contributed by atoms with Crippen LogP contribution in [0.4, 0.5) is 0 Å². The summed E-state index contributed by atoms with van der Waals surface area (Å²) in [4.78, 5) is 32.1. The number of carbonyl (C=O) groups excluding carboxylic acids is 3. The van der Waals surface area contributed by atoms with E-state index in [1.807, 2.05) is 43.3 Å². The maximum atomic E-state index is 11.7. The minimum Gasteiger partial charge on any atom is -0.277 e.